The van der Waals surface area contributed by atoms with E-state index in [9.17, 15) is 9.90 Å². The van der Waals surface area contributed by atoms with E-state index in [-0.39, 0.29) is 24.5 Å². The summed E-state index contributed by atoms with van der Waals surface area (Å²) in [7, 11) is 3.91. The molecule has 0 aliphatic heterocycles. The molecule has 6 aromatic heterocycles. The van der Waals surface area contributed by atoms with Crippen molar-refractivity contribution in [3.05, 3.63) is 148 Å². The lowest BCUT2D eigenvalue weighted by Crippen LogP contribution is -2.12. The molecule has 3 aromatic carbocycles. The van der Waals surface area contributed by atoms with Crippen molar-refractivity contribution in [3.8, 4) is 34.2 Å². The molecule has 1 aliphatic carbocycles. The predicted octanol–water partition coefficient (Wildman–Crippen LogP) is 11.5. The normalized spacial score (nSPS) is 14.4. The minimum absolute atomic E-state index is 0. The molecule has 78 heavy (non-hydrogen) atoms. The molecule has 22 heteroatoms. The van der Waals surface area contributed by atoms with Gasteiger partial charge in [-0.1, -0.05) is 172 Å². The Kier molecular flexibility index (Phi) is 24.4. The summed E-state index contributed by atoms with van der Waals surface area (Å²) in [4.78, 5) is 30.6. The SMILES string of the molecule is CC(O)c1cc(Cl)nn2c(-c3ccccc3)nnc12.CCCC(CC)CN.CCCC1CC(=O)C(Cc2cc(Cl)nn3c(-c4ccccc4)nnc23)C1.CN(C)/C=C/c1cc(Cl)nn2c(-c3ccccc3)nnc12.Cl.O=C=O. The first kappa shape index (κ1) is 61.8. The number of nitrogens with zero attached hydrogens (tertiary/aromatic N) is 13. The van der Waals surface area contributed by atoms with Gasteiger partial charge in [0.2, 0.25) is 0 Å². The Hall–Kier alpha value is -7.02. The summed E-state index contributed by atoms with van der Waals surface area (Å²) >= 11 is 18.4. The molecular weight excluding hydrogens is 1070 g/mol. The van der Waals surface area contributed by atoms with Crippen LogP contribution in [-0.4, -0.2) is 102 Å². The molecule has 1 fully saturated rings. The topological polar surface area (TPSA) is 230 Å². The Balaban J connectivity index is 0.000000197. The number of ketones is 1. The summed E-state index contributed by atoms with van der Waals surface area (Å²) in [6.07, 6.45) is 11.8. The largest absolute Gasteiger partial charge is 0.389 e. The molecule has 4 unspecified atom stereocenters. The third kappa shape index (κ3) is 16.5. The van der Waals surface area contributed by atoms with E-state index in [1.165, 1.54) is 19.3 Å². The molecule has 1 aliphatic rings. The van der Waals surface area contributed by atoms with Crippen LogP contribution >= 0.6 is 47.2 Å². The number of aliphatic hydroxyl groups is 1. The minimum atomic E-state index is -0.684. The number of Topliss-reactive ketones (excluding diaryl/α,β-unsaturated/α-hetero) is 1. The van der Waals surface area contributed by atoms with Crippen LogP contribution in [0.2, 0.25) is 15.5 Å². The van der Waals surface area contributed by atoms with Crippen LogP contribution in [0.4, 0.5) is 0 Å². The third-order valence-electron chi connectivity index (χ3n) is 12.6. The highest BCUT2D eigenvalue weighted by molar-refractivity contribution is 6.30. The fourth-order valence-corrected chi connectivity index (χ4v) is 9.41. The highest BCUT2D eigenvalue weighted by Crippen LogP contribution is 2.35. The van der Waals surface area contributed by atoms with Gasteiger partial charge in [-0.2, -0.15) is 38.4 Å². The monoisotopic (exact) mass is 1140 g/mol. The van der Waals surface area contributed by atoms with Gasteiger partial charge in [-0.05, 0) is 75.0 Å². The van der Waals surface area contributed by atoms with Crippen molar-refractivity contribution in [1.82, 2.24) is 64.3 Å². The van der Waals surface area contributed by atoms with Gasteiger partial charge in [-0.15, -0.1) is 43.0 Å². The number of halogens is 4. The molecule has 6 heterocycles. The molecule has 1 saturated carbocycles. The van der Waals surface area contributed by atoms with E-state index in [4.69, 9.17) is 50.1 Å². The lowest BCUT2D eigenvalue weighted by Gasteiger charge is -2.10. The Morgan fingerprint density at radius 2 is 1.17 bits per heavy atom. The summed E-state index contributed by atoms with van der Waals surface area (Å²) in [5.41, 5.74) is 12.5. The zero-order valence-electron chi connectivity index (χ0n) is 44.3. The van der Waals surface area contributed by atoms with Crippen LogP contribution in [0.3, 0.4) is 0 Å². The number of hydrogen-bond acceptors (Lipinski definition) is 15. The summed E-state index contributed by atoms with van der Waals surface area (Å²) in [5.74, 6) is 3.63. The van der Waals surface area contributed by atoms with Gasteiger partial charge >= 0.3 is 6.15 Å². The number of aliphatic hydroxyl groups excluding tert-OH is 1. The molecule has 0 saturated heterocycles. The third-order valence-corrected chi connectivity index (χ3v) is 13.1. The predicted molar refractivity (Wildman–Crippen MR) is 307 cm³/mol. The van der Waals surface area contributed by atoms with E-state index in [0.29, 0.717) is 80.0 Å². The maximum absolute atomic E-state index is 12.4. The van der Waals surface area contributed by atoms with Gasteiger partial charge in [-0.3, -0.25) is 4.79 Å². The maximum atomic E-state index is 12.4. The Morgan fingerprint density at radius 3 is 1.62 bits per heavy atom. The minimum Gasteiger partial charge on any atom is -0.389 e. The first-order chi connectivity index (χ1) is 37.2. The highest BCUT2D eigenvalue weighted by Gasteiger charge is 2.33. The van der Waals surface area contributed by atoms with Crippen molar-refractivity contribution < 1.29 is 19.5 Å². The number of carbonyl (C=O) groups is 1. The standard InChI is InChI=1S/C20H21ClN4O.C15H14ClN5.C13H11ClN4O.C7H17N.CO2.ClH/c1-2-6-13-9-15(17(26)10-13)11-16-12-18(21)24-25-19(22-23-20(16)25)14-7-4-3-5-8-14;1-20(2)9-8-12-10-13(16)19-21-14(17-18-15(12)21)11-6-4-3-5-7-11;1-8(19)10-7-11(14)17-18-12(15-16-13(10)18)9-5-3-2-4-6-9;1-3-5-7(4-2)6-8;2-1-3;/h3-5,7-8,12-13,15H,2,6,9-11H2,1H3;3-10H,1-2H3;2-8,19H,1H3;7H,3-6,8H2,1-2H3;;1H/b;9-8+;;;;. The average molecular weight is 1140 g/mol. The summed E-state index contributed by atoms with van der Waals surface area (Å²) in [6, 6.07) is 34.4. The number of rotatable bonds is 14. The fraction of sp³-hybridized carbons (Fsp3) is 0.339. The number of hydrogen-bond donors (Lipinski definition) is 2. The van der Waals surface area contributed by atoms with Gasteiger partial charge in [0, 0.05) is 59.8 Å². The second-order valence-corrected chi connectivity index (χ2v) is 19.7. The first-order valence-electron chi connectivity index (χ1n) is 25.4. The van der Waals surface area contributed by atoms with Crippen molar-refractivity contribution >= 4 is 82.2 Å². The second-order valence-electron chi connectivity index (χ2n) is 18.5. The summed E-state index contributed by atoms with van der Waals surface area (Å²) in [5, 5.41) is 49.1. The van der Waals surface area contributed by atoms with Crippen LogP contribution in [0.25, 0.3) is 57.2 Å². The van der Waals surface area contributed by atoms with E-state index < -0.39 is 6.10 Å². The fourth-order valence-electron chi connectivity index (χ4n) is 8.82. The molecule has 410 valence electrons. The van der Waals surface area contributed by atoms with E-state index in [2.05, 4.69) is 66.7 Å². The lowest BCUT2D eigenvalue weighted by molar-refractivity contribution is -0.191. The molecule has 4 atom stereocenters. The highest BCUT2D eigenvalue weighted by atomic mass is 35.5. The van der Waals surface area contributed by atoms with Crippen molar-refractivity contribution in [2.24, 2.45) is 23.5 Å². The Labute approximate surface area is 474 Å². The molecule has 0 bridgehead atoms. The van der Waals surface area contributed by atoms with E-state index in [1.807, 2.05) is 128 Å². The molecular formula is C56H64Cl4N14O4. The molecule has 3 N–H and O–H groups in total. The van der Waals surface area contributed by atoms with Gasteiger partial charge in [-0.25, -0.2) is 0 Å². The van der Waals surface area contributed by atoms with Crippen molar-refractivity contribution in [1.29, 1.82) is 0 Å². The van der Waals surface area contributed by atoms with Gasteiger partial charge in [0.1, 0.15) is 5.78 Å². The smallest absolute Gasteiger partial charge is 0.373 e. The van der Waals surface area contributed by atoms with Crippen LogP contribution in [0.1, 0.15) is 95.4 Å². The average Bonchev–Trinajstić information content (AvgIpc) is 4.25. The number of nitrogens with two attached hydrogens (primary N) is 1. The lowest BCUT2D eigenvalue weighted by atomic mass is 9.95. The summed E-state index contributed by atoms with van der Waals surface area (Å²) < 4.78 is 4.92. The Morgan fingerprint density at radius 1 is 0.705 bits per heavy atom. The summed E-state index contributed by atoms with van der Waals surface area (Å²) in [6.45, 7) is 9.10. The Bertz CT molecular complexity index is 3370. The van der Waals surface area contributed by atoms with Crippen molar-refractivity contribution in [3.63, 3.8) is 0 Å². The number of benzene rings is 3. The van der Waals surface area contributed by atoms with Gasteiger partial charge in [0.25, 0.3) is 0 Å². The molecule has 9 aromatic rings. The first-order valence-corrected chi connectivity index (χ1v) is 26.5. The van der Waals surface area contributed by atoms with Crippen molar-refractivity contribution in [2.45, 2.75) is 85.2 Å². The zero-order chi connectivity index (χ0) is 55.4. The second kappa shape index (κ2) is 30.8. The van der Waals surface area contributed by atoms with Gasteiger partial charge in [0.15, 0.2) is 49.9 Å². The molecule has 0 amide bonds. The number of fused-ring (bicyclic) bond motifs is 3. The van der Waals surface area contributed by atoms with E-state index in [1.54, 1.807) is 32.6 Å². The van der Waals surface area contributed by atoms with Crippen LogP contribution in [0.5, 0.6) is 0 Å². The molecule has 18 nitrogen and oxygen atoms in total. The molecule has 0 radical (unpaired) electrons. The van der Waals surface area contributed by atoms with Crippen LogP contribution in [0, 0.1) is 17.8 Å². The van der Waals surface area contributed by atoms with Crippen LogP contribution in [-0.2, 0) is 20.8 Å². The number of carbonyl (C=O) groups excluding carboxylic acids is 3. The van der Waals surface area contributed by atoms with E-state index >= 15 is 0 Å². The van der Waals surface area contributed by atoms with Crippen LogP contribution in [0.15, 0.2) is 115 Å². The maximum Gasteiger partial charge on any atom is 0.373 e. The van der Waals surface area contributed by atoms with Crippen molar-refractivity contribution in [2.75, 3.05) is 20.6 Å². The van der Waals surface area contributed by atoms with Gasteiger partial charge in [0.05, 0.1) is 6.10 Å². The molecule has 10 rings (SSSR count). The zero-order valence-corrected chi connectivity index (χ0v) is 47.4. The number of aromatic nitrogens is 12. The van der Waals surface area contributed by atoms with E-state index in [0.717, 1.165) is 59.5 Å². The van der Waals surface area contributed by atoms with Gasteiger partial charge < -0.3 is 15.7 Å². The van der Waals surface area contributed by atoms with Crippen LogP contribution < -0.4 is 5.73 Å². The molecule has 0 spiro atoms. The quantitative estimate of drug-likeness (QED) is 0.103.